The largest absolute Gasteiger partial charge is 0.383 e. The molecule has 23 heavy (non-hydrogen) atoms. The second kappa shape index (κ2) is 6.11. The van der Waals surface area contributed by atoms with E-state index in [0.29, 0.717) is 17.8 Å². The van der Waals surface area contributed by atoms with Gasteiger partial charge in [-0.15, -0.1) is 11.3 Å². The number of ketones is 1. The van der Waals surface area contributed by atoms with Crippen LogP contribution in [-0.4, -0.2) is 29.9 Å². The van der Waals surface area contributed by atoms with Crippen molar-refractivity contribution in [1.29, 1.82) is 5.26 Å². The minimum absolute atomic E-state index is 0.118. The summed E-state index contributed by atoms with van der Waals surface area (Å²) in [6.07, 6.45) is 2.14. The van der Waals surface area contributed by atoms with Crippen LogP contribution in [0.5, 0.6) is 0 Å². The molecule has 120 valence electrons. The van der Waals surface area contributed by atoms with Gasteiger partial charge in [0.2, 0.25) is 0 Å². The van der Waals surface area contributed by atoms with Gasteiger partial charge in [0, 0.05) is 36.7 Å². The standard InChI is InChI=1S/C16H17BrN4OS/c1-20(2)21-10-4-3-5-11(22)15(10)14(9(8-18)16(21)19)12-6-7-13(17)23-12/h6-7,14H,3-5,19H2,1-2H3. The van der Waals surface area contributed by atoms with Crippen molar-refractivity contribution in [3.63, 3.8) is 0 Å². The smallest absolute Gasteiger partial charge is 0.161 e. The molecule has 1 atom stereocenters. The Bertz CT molecular complexity index is 771. The summed E-state index contributed by atoms with van der Waals surface area (Å²) in [5.74, 6) is 0.184. The predicted octanol–water partition coefficient (Wildman–Crippen LogP) is 3.09. The van der Waals surface area contributed by atoms with E-state index in [1.807, 2.05) is 36.2 Å². The van der Waals surface area contributed by atoms with Gasteiger partial charge in [-0.25, -0.2) is 5.01 Å². The number of nitriles is 1. The van der Waals surface area contributed by atoms with Crippen molar-refractivity contribution in [3.05, 3.63) is 43.5 Å². The zero-order valence-electron chi connectivity index (χ0n) is 13.0. The SMILES string of the molecule is CN(C)N1C(N)=C(C#N)C(c2ccc(Br)s2)C2=C1CCCC2=O. The number of Topliss-reactive ketones (excluding diaryl/α,β-unsaturated/α-hetero) is 1. The van der Waals surface area contributed by atoms with E-state index in [1.54, 1.807) is 11.3 Å². The molecule has 7 heteroatoms. The molecule has 0 radical (unpaired) electrons. The first-order chi connectivity index (χ1) is 11.0. The van der Waals surface area contributed by atoms with Gasteiger partial charge in [0.15, 0.2) is 5.78 Å². The zero-order valence-corrected chi connectivity index (χ0v) is 15.4. The fourth-order valence-electron chi connectivity index (χ4n) is 3.29. The Morgan fingerprint density at radius 3 is 2.74 bits per heavy atom. The van der Waals surface area contributed by atoms with Crippen molar-refractivity contribution < 1.29 is 4.79 Å². The number of rotatable bonds is 2. The average molecular weight is 393 g/mol. The average Bonchev–Trinajstić information content (AvgIpc) is 2.92. The first kappa shape index (κ1) is 16.2. The molecule has 1 aliphatic carbocycles. The van der Waals surface area contributed by atoms with E-state index < -0.39 is 0 Å². The predicted molar refractivity (Wildman–Crippen MR) is 93.0 cm³/mol. The van der Waals surface area contributed by atoms with Gasteiger partial charge < -0.3 is 5.73 Å². The third kappa shape index (κ3) is 2.61. The summed E-state index contributed by atoms with van der Waals surface area (Å²) < 4.78 is 0.976. The Morgan fingerprint density at radius 2 is 2.17 bits per heavy atom. The summed E-state index contributed by atoms with van der Waals surface area (Å²) in [6, 6.07) is 6.14. The number of hydrogen-bond donors (Lipinski definition) is 1. The van der Waals surface area contributed by atoms with Crippen LogP contribution in [0.4, 0.5) is 0 Å². The monoisotopic (exact) mass is 392 g/mol. The van der Waals surface area contributed by atoms with Crippen molar-refractivity contribution in [3.8, 4) is 6.07 Å². The van der Waals surface area contributed by atoms with E-state index in [4.69, 9.17) is 5.73 Å². The maximum absolute atomic E-state index is 12.7. The van der Waals surface area contributed by atoms with Crippen molar-refractivity contribution in [1.82, 2.24) is 10.0 Å². The Kier molecular flexibility index (Phi) is 4.32. The number of carbonyl (C=O) groups excluding carboxylic acids is 1. The molecular weight excluding hydrogens is 376 g/mol. The number of hydrogen-bond acceptors (Lipinski definition) is 6. The molecular formula is C16H17BrN4OS. The molecule has 0 saturated heterocycles. The highest BCUT2D eigenvalue weighted by Gasteiger charge is 2.41. The fraction of sp³-hybridized carbons (Fsp3) is 0.375. The Labute approximate surface area is 147 Å². The highest BCUT2D eigenvalue weighted by Crippen LogP contribution is 2.46. The van der Waals surface area contributed by atoms with Crippen LogP contribution in [0, 0.1) is 11.3 Å². The third-order valence-corrected chi connectivity index (χ3v) is 5.85. The van der Waals surface area contributed by atoms with E-state index >= 15 is 0 Å². The van der Waals surface area contributed by atoms with Crippen LogP contribution in [0.3, 0.4) is 0 Å². The topological polar surface area (TPSA) is 73.4 Å². The van der Waals surface area contributed by atoms with Gasteiger partial charge in [0.25, 0.3) is 0 Å². The quantitative estimate of drug-likeness (QED) is 0.836. The fourth-order valence-corrected chi connectivity index (χ4v) is 4.84. The third-order valence-electron chi connectivity index (χ3n) is 4.16. The Morgan fingerprint density at radius 1 is 1.43 bits per heavy atom. The minimum atomic E-state index is -0.352. The molecule has 1 unspecified atom stereocenters. The Balaban J connectivity index is 2.25. The second-order valence-electron chi connectivity index (χ2n) is 5.78. The van der Waals surface area contributed by atoms with E-state index in [0.717, 1.165) is 32.8 Å². The van der Waals surface area contributed by atoms with Crippen LogP contribution >= 0.6 is 27.3 Å². The van der Waals surface area contributed by atoms with Gasteiger partial charge in [-0.05, 0) is 40.9 Å². The van der Waals surface area contributed by atoms with Gasteiger partial charge in [0.05, 0.1) is 21.3 Å². The van der Waals surface area contributed by atoms with Crippen molar-refractivity contribution in [2.24, 2.45) is 5.73 Å². The van der Waals surface area contributed by atoms with Crippen LogP contribution in [0.2, 0.25) is 0 Å². The molecule has 2 heterocycles. The summed E-state index contributed by atoms with van der Waals surface area (Å²) >= 11 is 5.00. The molecule has 0 amide bonds. The van der Waals surface area contributed by atoms with E-state index in [1.165, 1.54) is 0 Å². The number of allylic oxidation sites excluding steroid dienone is 3. The summed E-state index contributed by atoms with van der Waals surface area (Å²) in [5.41, 5.74) is 8.41. The molecule has 0 saturated carbocycles. The van der Waals surface area contributed by atoms with E-state index in [2.05, 4.69) is 22.0 Å². The molecule has 2 N–H and O–H groups in total. The second-order valence-corrected chi connectivity index (χ2v) is 8.28. The Hall–Kier alpha value is -1.62. The van der Waals surface area contributed by atoms with Crippen LogP contribution < -0.4 is 5.73 Å². The summed E-state index contributed by atoms with van der Waals surface area (Å²) in [4.78, 5) is 13.6. The van der Waals surface area contributed by atoms with Crippen molar-refractivity contribution in [2.45, 2.75) is 25.2 Å². The van der Waals surface area contributed by atoms with Crippen molar-refractivity contribution in [2.75, 3.05) is 14.1 Å². The maximum atomic E-state index is 12.7. The van der Waals surface area contributed by atoms with Crippen LogP contribution in [-0.2, 0) is 4.79 Å². The number of halogens is 1. The number of hydrazine groups is 1. The number of nitrogens with two attached hydrogens (primary N) is 1. The molecule has 1 aliphatic heterocycles. The zero-order chi connectivity index (χ0) is 16.7. The number of nitrogens with zero attached hydrogens (tertiary/aromatic N) is 3. The lowest BCUT2D eigenvalue weighted by atomic mass is 9.79. The summed E-state index contributed by atoms with van der Waals surface area (Å²) in [6.45, 7) is 0. The van der Waals surface area contributed by atoms with Crippen LogP contribution in [0.15, 0.2) is 38.6 Å². The lowest BCUT2D eigenvalue weighted by molar-refractivity contribution is -0.116. The van der Waals surface area contributed by atoms with Gasteiger partial charge >= 0.3 is 0 Å². The summed E-state index contributed by atoms with van der Waals surface area (Å²) in [5, 5.41) is 13.3. The first-order valence-corrected chi connectivity index (χ1v) is 8.95. The van der Waals surface area contributed by atoms with Crippen LogP contribution in [0.1, 0.15) is 30.1 Å². The van der Waals surface area contributed by atoms with Gasteiger partial charge in [0.1, 0.15) is 5.82 Å². The van der Waals surface area contributed by atoms with E-state index in [-0.39, 0.29) is 11.7 Å². The lowest BCUT2D eigenvalue weighted by Crippen LogP contribution is -2.45. The molecule has 0 aromatic carbocycles. The van der Waals surface area contributed by atoms with Gasteiger partial charge in [-0.3, -0.25) is 9.80 Å². The number of carbonyl (C=O) groups is 1. The molecule has 0 spiro atoms. The van der Waals surface area contributed by atoms with Gasteiger partial charge in [-0.2, -0.15) is 5.26 Å². The van der Waals surface area contributed by atoms with Gasteiger partial charge in [-0.1, -0.05) is 0 Å². The number of thiophene rings is 1. The first-order valence-electron chi connectivity index (χ1n) is 7.34. The highest BCUT2D eigenvalue weighted by atomic mass is 79.9. The van der Waals surface area contributed by atoms with E-state index in [9.17, 15) is 10.1 Å². The molecule has 1 aromatic rings. The lowest BCUT2D eigenvalue weighted by Gasteiger charge is -2.42. The molecule has 2 aliphatic rings. The molecule has 1 aromatic heterocycles. The molecule has 0 bridgehead atoms. The normalized spacial score (nSPS) is 21.8. The molecule has 3 rings (SSSR count). The maximum Gasteiger partial charge on any atom is 0.161 e. The molecule has 5 nitrogen and oxygen atoms in total. The van der Waals surface area contributed by atoms with Crippen molar-refractivity contribution >= 4 is 33.0 Å². The highest BCUT2D eigenvalue weighted by molar-refractivity contribution is 9.11. The summed E-state index contributed by atoms with van der Waals surface area (Å²) in [7, 11) is 3.74. The van der Waals surface area contributed by atoms with Crippen LogP contribution in [0.25, 0.3) is 0 Å². The minimum Gasteiger partial charge on any atom is -0.383 e. The molecule has 0 fully saturated rings.